The minimum Gasteiger partial charge on any atom is -0.490 e. The molecule has 0 aromatic heterocycles. The van der Waals surface area contributed by atoms with E-state index in [0.717, 1.165) is 11.3 Å². The second-order valence-electron chi connectivity index (χ2n) is 7.98. The van der Waals surface area contributed by atoms with Crippen LogP contribution in [0.15, 0.2) is 59.7 Å². The van der Waals surface area contributed by atoms with Crippen molar-refractivity contribution in [2.75, 3.05) is 26.7 Å². The van der Waals surface area contributed by atoms with Crippen LogP contribution in [0.3, 0.4) is 0 Å². The van der Waals surface area contributed by atoms with E-state index in [2.05, 4.69) is 5.10 Å². The quantitative estimate of drug-likeness (QED) is 0.746. The summed E-state index contributed by atoms with van der Waals surface area (Å²) in [7, 11) is 1.66. The highest BCUT2D eigenvalue weighted by atomic mass is 35.5. The number of fused-ring (bicyclic) bond motifs is 1. The fourth-order valence-electron chi connectivity index (χ4n) is 4.26. The maximum Gasteiger partial charge on any atom is 0.256 e. The topological polar surface area (TPSA) is 88.2 Å². The van der Waals surface area contributed by atoms with Crippen LogP contribution in [0.25, 0.3) is 0 Å². The Balaban J connectivity index is 1.49. The molecule has 31 heavy (non-hydrogen) atoms. The van der Waals surface area contributed by atoms with Crippen LogP contribution < -0.4 is 10.5 Å². The molecule has 2 amide bonds. The van der Waals surface area contributed by atoms with Crippen molar-refractivity contribution >= 4 is 29.1 Å². The minimum atomic E-state index is -0.863. The molecule has 0 radical (unpaired) electrons. The number of benzene rings is 2. The number of carbonyl (C=O) groups is 2. The van der Waals surface area contributed by atoms with Crippen LogP contribution in [-0.2, 0) is 16.0 Å². The highest BCUT2D eigenvalue weighted by Crippen LogP contribution is 2.38. The smallest absolute Gasteiger partial charge is 0.256 e. The van der Waals surface area contributed by atoms with E-state index in [4.69, 9.17) is 22.1 Å². The molecule has 2 atom stereocenters. The Kier molecular flexibility index (Phi) is 5.98. The fraction of sp³-hybridized carbons (Fsp3) is 0.348. The van der Waals surface area contributed by atoms with Gasteiger partial charge in [0.25, 0.3) is 5.91 Å². The first-order valence-electron chi connectivity index (χ1n) is 10.2. The number of nitrogens with two attached hydrogens (primary N) is 1. The average molecular weight is 441 g/mol. The molecule has 162 valence electrons. The summed E-state index contributed by atoms with van der Waals surface area (Å²) in [5.74, 6) is 0.138. The molecule has 0 saturated carbocycles. The van der Waals surface area contributed by atoms with Gasteiger partial charge in [-0.25, -0.2) is 5.01 Å². The summed E-state index contributed by atoms with van der Waals surface area (Å²) in [6.07, 6.45) is 1.03. The number of halogens is 1. The van der Waals surface area contributed by atoms with E-state index in [-0.39, 0.29) is 25.0 Å². The molecule has 2 heterocycles. The van der Waals surface area contributed by atoms with Gasteiger partial charge in [0.2, 0.25) is 5.91 Å². The predicted octanol–water partition coefficient (Wildman–Crippen LogP) is 2.34. The summed E-state index contributed by atoms with van der Waals surface area (Å²) in [5.41, 5.74) is 7.16. The van der Waals surface area contributed by atoms with E-state index in [0.29, 0.717) is 30.2 Å². The number of piperidine rings is 1. The fourth-order valence-corrected chi connectivity index (χ4v) is 4.45. The molecule has 0 bridgehead atoms. The van der Waals surface area contributed by atoms with Crippen molar-refractivity contribution in [3.63, 3.8) is 0 Å². The predicted molar refractivity (Wildman–Crippen MR) is 119 cm³/mol. The zero-order valence-electron chi connectivity index (χ0n) is 17.3. The average Bonchev–Trinajstić information content (AvgIpc) is 3.02. The molecule has 2 aromatic rings. The summed E-state index contributed by atoms with van der Waals surface area (Å²) >= 11 is 6.11. The first-order chi connectivity index (χ1) is 14.9. The second kappa shape index (κ2) is 8.69. The summed E-state index contributed by atoms with van der Waals surface area (Å²) in [5, 5.41) is 6.33. The van der Waals surface area contributed by atoms with E-state index in [9.17, 15) is 9.59 Å². The van der Waals surface area contributed by atoms with Crippen molar-refractivity contribution in [3.8, 4) is 5.75 Å². The number of rotatable bonds is 6. The molecule has 7 nitrogen and oxygen atoms in total. The van der Waals surface area contributed by atoms with Crippen molar-refractivity contribution in [1.82, 2.24) is 9.91 Å². The van der Waals surface area contributed by atoms with E-state index in [1.165, 1.54) is 5.01 Å². The van der Waals surface area contributed by atoms with Crippen LogP contribution >= 0.6 is 11.6 Å². The van der Waals surface area contributed by atoms with Gasteiger partial charge in [0.05, 0.1) is 10.7 Å². The van der Waals surface area contributed by atoms with Crippen molar-refractivity contribution in [1.29, 1.82) is 0 Å². The number of amides is 2. The van der Waals surface area contributed by atoms with E-state index in [1.807, 2.05) is 30.3 Å². The highest BCUT2D eigenvalue weighted by molar-refractivity contribution is 6.32. The third kappa shape index (κ3) is 4.16. The lowest BCUT2D eigenvalue weighted by Gasteiger charge is -2.40. The summed E-state index contributed by atoms with van der Waals surface area (Å²) in [6.45, 7) is 0.719. The Morgan fingerprint density at radius 3 is 2.68 bits per heavy atom. The number of nitrogens with zero attached hydrogens (tertiary/aromatic N) is 3. The SMILES string of the molecule is CN1N=C2CCN(C(=O)C(N)COc3ccccc3Cl)CC2(Cc2ccccc2)C1=O. The van der Waals surface area contributed by atoms with Gasteiger partial charge in [0, 0.05) is 26.6 Å². The Bertz CT molecular complexity index is 1010. The molecule has 8 heteroatoms. The monoisotopic (exact) mass is 440 g/mol. The van der Waals surface area contributed by atoms with Gasteiger partial charge < -0.3 is 15.4 Å². The number of hydrazone groups is 1. The van der Waals surface area contributed by atoms with Crippen LogP contribution in [0.2, 0.25) is 5.02 Å². The van der Waals surface area contributed by atoms with Crippen LogP contribution in [0.1, 0.15) is 12.0 Å². The standard InChI is InChI=1S/C23H25ClN4O3/c1-27-22(30)23(13-16-7-3-2-4-8-16)15-28(12-11-20(23)26-27)21(29)18(25)14-31-19-10-6-5-9-17(19)24/h2-10,18H,11-15,25H2,1H3. The molecule has 0 aliphatic carbocycles. The lowest BCUT2D eigenvalue weighted by Crippen LogP contribution is -2.58. The van der Waals surface area contributed by atoms with Gasteiger partial charge in [0.1, 0.15) is 23.8 Å². The summed E-state index contributed by atoms with van der Waals surface area (Å²) in [4.78, 5) is 27.9. The summed E-state index contributed by atoms with van der Waals surface area (Å²) < 4.78 is 5.65. The molecule has 2 unspecified atom stereocenters. The van der Waals surface area contributed by atoms with E-state index in [1.54, 1.807) is 36.2 Å². The van der Waals surface area contributed by atoms with E-state index >= 15 is 0 Å². The largest absolute Gasteiger partial charge is 0.490 e. The van der Waals surface area contributed by atoms with Gasteiger partial charge >= 0.3 is 0 Å². The molecular formula is C23H25ClN4O3. The van der Waals surface area contributed by atoms with Crippen molar-refractivity contribution in [3.05, 3.63) is 65.2 Å². The third-order valence-electron chi connectivity index (χ3n) is 5.84. The van der Waals surface area contributed by atoms with Crippen LogP contribution in [0, 0.1) is 5.41 Å². The summed E-state index contributed by atoms with van der Waals surface area (Å²) in [6, 6.07) is 16.0. The number of para-hydroxylation sites is 1. The maximum absolute atomic E-state index is 13.2. The molecular weight excluding hydrogens is 416 g/mol. The lowest BCUT2D eigenvalue weighted by molar-refractivity contribution is -0.140. The molecule has 4 rings (SSSR count). The molecule has 1 saturated heterocycles. The number of hydrogen-bond donors (Lipinski definition) is 1. The minimum absolute atomic E-state index is 0.000449. The van der Waals surface area contributed by atoms with Gasteiger partial charge in [-0.3, -0.25) is 9.59 Å². The van der Waals surface area contributed by atoms with E-state index < -0.39 is 11.5 Å². The normalized spacial score (nSPS) is 21.5. The van der Waals surface area contributed by atoms with Crippen LogP contribution in [-0.4, -0.2) is 60.2 Å². The van der Waals surface area contributed by atoms with Crippen LogP contribution in [0.5, 0.6) is 5.75 Å². The first-order valence-corrected chi connectivity index (χ1v) is 10.6. The van der Waals surface area contributed by atoms with Gasteiger partial charge in [-0.1, -0.05) is 54.1 Å². The van der Waals surface area contributed by atoms with Gasteiger partial charge in [-0.2, -0.15) is 5.10 Å². The number of carbonyl (C=O) groups excluding carboxylic acids is 2. The van der Waals surface area contributed by atoms with Crippen molar-refractivity contribution in [2.24, 2.45) is 16.3 Å². The molecule has 2 aliphatic heterocycles. The zero-order valence-corrected chi connectivity index (χ0v) is 18.1. The Hall–Kier alpha value is -2.90. The Morgan fingerprint density at radius 1 is 1.23 bits per heavy atom. The van der Waals surface area contributed by atoms with Crippen molar-refractivity contribution in [2.45, 2.75) is 18.9 Å². The molecule has 2 N–H and O–H groups in total. The number of ether oxygens (including phenoxy) is 1. The molecule has 1 fully saturated rings. The Morgan fingerprint density at radius 2 is 1.94 bits per heavy atom. The van der Waals surface area contributed by atoms with Crippen LogP contribution in [0.4, 0.5) is 0 Å². The maximum atomic E-state index is 13.2. The number of hydrogen-bond acceptors (Lipinski definition) is 5. The number of likely N-dealkylation sites (tertiary alicyclic amines) is 1. The molecule has 0 spiro atoms. The first kappa shape index (κ1) is 21.3. The zero-order chi connectivity index (χ0) is 22.0. The van der Waals surface area contributed by atoms with Gasteiger partial charge in [0.15, 0.2) is 0 Å². The third-order valence-corrected chi connectivity index (χ3v) is 6.15. The van der Waals surface area contributed by atoms with Gasteiger partial charge in [-0.15, -0.1) is 0 Å². The second-order valence-corrected chi connectivity index (χ2v) is 8.38. The molecule has 2 aromatic carbocycles. The molecule has 2 aliphatic rings. The highest BCUT2D eigenvalue weighted by Gasteiger charge is 2.53. The van der Waals surface area contributed by atoms with Gasteiger partial charge in [-0.05, 0) is 24.1 Å². The lowest BCUT2D eigenvalue weighted by atomic mass is 9.73. The van der Waals surface area contributed by atoms with Crippen molar-refractivity contribution < 1.29 is 14.3 Å². The Labute approximate surface area is 186 Å².